The normalized spacial score (nSPS) is 13.3. The molecule has 24 heavy (non-hydrogen) atoms. The third-order valence-corrected chi connectivity index (χ3v) is 8.73. The van der Waals surface area contributed by atoms with Gasteiger partial charge in [-0.1, -0.05) is 81.4 Å². The molecular weight excluding hydrogens is 310 g/mol. The van der Waals surface area contributed by atoms with Crippen LogP contribution in [0.5, 0.6) is 0 Å². The molecule has 0 N–H and O–H groups in total. The highest BCUT2D eigenvalue weighted by molar-refractivity contribution is 6.74. The maximum atomic E-state index is 6.43. The maximum absolute atomic E-state index is 6.43. The summed E-state index contributed by atoms with van der Waals surface area (Å²) in [5.41, 5.74) is 2.16. The standard InChI is InChI=1S/C21H27NOSi/c1-21(2,3)24(4,5)23-20(16-18-12-8-6-9-13-18)22-17-19-14-10-7-11-15-19/h6-17H,1-5H3/b20-16+,22-17+. The van der Waals surface area contributed by atoms with Crippen LogP contribution >= 0.6 is 0 Å². The predicted octanol–water partition coefficient (Wildman–Crippen LogP) is 6.13. The van der Waals surface area contributed by atoms with Crippen LogP contribution in [0.4, 0.5) is 0 Å². The second-order valence-electron chi connectivity index (χ2n) is 7.42. The summed E-state index contributed by atoms with van der Waals surface area (Å²) in [5, 5.41) is 0.130. The topological polar surface area (TPSA) is 21.6 Å². The lowest BCUT2D eigenvalue weighted by atomic mass is 10.2. The summed E-state index contributed by atoms with van der Waals surface area (Å²) < 4.78 is 6.43. The average Bonchev–Trinajstić information content (AvgIpc) is 2.53. The first-order valence-corrected chi connectivity index (χ1v) is 11.2. The molecule has 0 amide bonds. The number of hydrogen-bond donors (Lipinski definition) is 0. The van der Waals surface area contributed by atoms with Crippen molar-refractivity contribution in [1.82, 2.24) is 0 Å². The molecule has 2 aromatic rings. The summed E-state index contributed by atoms with van der Waals surface area (Å²) in [7, 11) is -1.94. The van der Waals surface area contributed by atoms with Crippen molar-refractivity contribution in [3.8, 4) is 0 Å². The molecule has 2 nitrogen and oxygen atoms in total. The van der Waals surface area contributed by atoms with Crippen molar-refractivity contribution in [2.75, 3.05) is 0 Å². The fourth-order valence-corrected chi connectivity index (χ4v) is 2.82. The van der Waals surface area contributed by atoms with Crippen molar-refractivity contribution in [1.29, 1.82) is 0 Å². The third kappa shape index (κ3) is 5.20. The first kappa shape index (κ1) is 18.2. The van der Waals surface area contributed by atoms with E-state index in [4.69, 9.17) is 4.43 Å². The Morgan fingerprint density at radius 1 is 0.875 bits per heavy atom. The molecule has 0 heterocycles. The second-order valence-corrected chi connectivity index (χ2v) is 12.1. The highest BCUT2D eigenvalue weighted by Gasteiger charge is 2.39. The van der Waals surface area contributed by atoms with Crippen molar-refractivity contribution < 1.29 is 4.43 Å². The monoisotopic (exact) mass is 337 g/mol. The number of nitrogens with zero attached hydrogens (tertiary/aromatic N) is 1. The molecule has 2 rings (SSSR count). The van der Waals surface area contributed by atoms with Crippen molar-refractivity contribution >= 4 is 20.6 Å². The summed E-state index contributed by atoms with van der Waals surface area (Å²) in [4.78, 5) is 4.64. The van der Waals surface area contributed by atoms with E-state index in [1.165, 1.54) is 0 Å². The van der Waals surface area contributed by atoms with Crippen LogP contribution in [-0.4, -0.2) is 14.5 Å². The quantitative estimate of drug-likeness (QED) is 0.365. The Morgan fingerprint density at radius 3 is 1.88 bits per heavy atom. The van der Waals surface area contributed by atoms with Crippen molar-refractivity contribution in [3.05, 3.63) is 77.7 Å². The summed E-state index contributed by atoms with van der Waals surface area (Å²) in [6.07, 6.45) is 3.88. The summed E-state index contributed by atoms with van der Waals surface area (Å²) in [6, 6.07) is 20.3. The first-order chi connectivity index (χ1) is 11.3. The molecule has 126 valence electrons. The molecule has 0 fully saturated rings. The van der Waals surface area contributed by atoms with Gasteiger partial charge in [0.15, 0.2) is 5.88 Å². The molecule has 0 radical (unpaired) electrons. The largest absolute Gasteiger partial charge is 0.531 e. The molecule has 0 spiro atoms. The molecule has 0 saturated carbocycles. The summed E-state index contributed by atoms with van der Waals surface area (Å²) in [5.74, 6) is 0.677. The van der Waals surface area contributed by atoms with Gasteiger partial charge in [0.1, 0.15) is 0 Å². The van der Waals surface area contributed by atoms with E-state index in [0.29, 0.717) is 5.88 Å². The van der Waals surface area contributed by atoms with Crippen LogP contribution in [-0.2, 0) is 4.43 Å². The third-order valence-electron chi connectivity index (χ3n) is 4.40. The fraction of sp³-hybridized carbons (Fsp3) is 0.286. The van der Waals surface area contributed by atoms with E-state index < -0.39 is 8.32 Å². The molecule has 0 aliphatic carbocycles. The SMILES string of the molecule is CC(C)(C)[Si](C)(C)OC(=C/c1ccccc1)/N=C/c1ccccc1. The predicted molar refractivity (Wildman–Crippen MR) is 107 cm³/mol. The summed E-state index contributed by atoms with van der Waals surface area (Å²) in [6.45, 7) is 11.2. The minimum Gasteiger partial charge on any atom is -0.531 e. The molecule has 0 aliphatic rings. The first-order valence-electron chi connectivity index (χ1n) is 8.33. The van der Waals surface area contributed by atoms with Gasteiger partial charge in [-0.2, -0.15) is 0 Å². The van der Waals surface area contributed by atoms with Gasteiger partial charge in [0.2, 0.25) is 0 Å². The van der Waals surface area contributed by atoms with E-state index in [2.05, 4.69) is 51.0 Å². The average molecular weight is 338 g/mol. The van der Waals surface area contributed by atoms with Gasteiger partial charge in [0.05, 0.1) is 0 Å². The molecule has 2 aromatic carbocycles. The zero-order valence-electron chi connectivity index (χ0n) is 15.3. The van der Waals surface area contributed by atoms with Crippen LogP contribution in [0.25, 0.3) is 6.08 Å². The zero-order chi connectivity index (χ0) is 17.6. The van der Waals surface area contributed by atoms with E-state index >= 15 is 0 Å². The van der Waals surface area contributed by atoms with E-state index in [0.717, 1.165) is 11.1 Å². The van der Waals surface area contributed by atoms with Crippen molar-refractivity contribution in [3.63, 3.8) is 0 Å². The Bertz CT molecular complexity index is 698. The van der Waals surface area contributed by atoms with Crippen LogP contribution in [0.1, 0.15) is 31.9 Å². The fourth-order valence-electron chi connectivity index (χ4n) is 1.88. The van der Waals surface area contributed by atoms with Crippen LogP contribution in [0.2, 0.25) is 18.1 Å². The van der Waals surface area contributed by atoms with Gasteiger partial charge < -0.3 is 4.43 Å². The Labute approximate surface area is 147 Å². The van der Waals surface area contributed by atoms with Gasteiger partial charge in [-0.15, -0.1) is 0 Å². The van der Waals surface area contributed by atoms with Crippen molar-refractivity contribution in [2.45, 2.75) is 38.9 Å². The molecule has 0 aromatic heterocycles. The zero-order valence-corrected chi connectivity index (χ0v) is 16.3. The lowest BCUT2D eigenvalue weighted by Crippen LogP contribution is -2.40. The Hall–Kier alpha value is -2.13. The molecule has 0 unspecified atom stereocenters. The van der Waals surface area contributed by atoms with Gasteiger partial charge in [-0.25, -0.2) is 4.99 Å². The van der Waals surface area contributed by atoms with Gasteiger partial charge in [-0.3, -0.25) is 0 Å². The van der Waals surface area contributed by atoms with Gasteiger partial charge in [0.25, 0.3) is 8.32 Å². The lowest BCUT2D eigenvalue weighted by molar-refractivity contribution is 0.385. The number of rotatable bonds is 5. The smallest absolute Gasteiger partial charge is 0.252 e. The van der Waals surface area contributed by atoms with Crippen LogP contribution in [0, 0.1) is 0 Å². The highest BCUT2D eigenvalue weighted by atomic mass is 28.4. The van der Waals surface area contributed by atoms with Crippen molar-refractivity contribution in [2.24, 2.45) is 4.99 Å². The van der Waals surface area contributed by atoms with Gasteiger partial charge >= 0.3 is 0 Å². The molecular formula is C21H27NOSi. The molecule has 0 aliphatic heterocycles. The van der Waals surface area contributed by atoms with Crippen LogP contribution < -0.4 is 0 Å². The van der Waals surface area contributed by atoms with Gasteiger partial charge in [0, 0.05) is 12.3 Å². The Kier molecular flexibility index (Phi) is 5.78. The molecule has 0 atom stereocenters. The molecule has 3 heteroatoms. The van der Waals surface area contributed by atoms with E-state index in [-0.39, 0.29) is 5.04 Å². The lowest BCUT2D eigenvalue weighted by Gasteiger charge is -2.36. The van der Waals surface area contributed by atoms with Gasteiger partial charge in [-0.05, 0) is 29.3 Å². The second kappa shape index (κ2) is 7.62. The number of hydrogen-bond acceptors (Lipinski definition) is 2. The van der Waals surface area contributed by atoms with Crippen LogP contribution in [0.15, 0.2) is 71.5 Å². The van der Waals surface area contributed by atoms with Crippen LogP contribution in [0.3, 0.4) is 0 Å². The number of aliphatic imine (C=N–C) groups is 1. The number of benzene rings is 2. The van der Waals surface area contributed by atoms with E-state index in [9.17, 15) is 0 Å². The van der Waals surface area contributed by atoms with E-state index in [1.807, 2.05) is 60.8 Å². The highest BCUT2D eigenvalue weighted by Crippen LogP contribution is 2.38. The molecule has 0 saturated heterocycles. The maximum Gasteiger partial charge on any atom is 0.252 e. The minimum atomic E-state index is -1.94. The Morgan fingerprint density at radius 2 is 1.38 bits per heavy atom. The molecule has 0 bridgehead atoms. The summed E-state index contributed by atoms with van der Waals surface area (Å²) >= 11 is 0. The minimum absolute atomic E-state index is 0.130. The van der Waals surface area contributed by atoms with E-state index in [1.54, 1.807) is 0 Å². The Balaban J connectivity index is 2.32.